The fourth-order valence-electron chi connectivity index (χ4n) is 5.31. The van der Waals surface area contributed by atoms with Crippen molar-refractivity contribution in [1.82, 2.24) is 0 Å². The Labute approximate surface area is 188 Å². The van der Waals surface area contributed by atoms with E-state index in [0.717, 1.165) is 50.0 Å². The minimum atomic E-state index is -0.609. The smallest absolute Gasteiger partial charge is 0.162 e. The molecule has 0 N–H and O–H groups in total. The third-order valence-corrected chi connectivity index (χ3v) is 7.30. The average Bonchev–Trinajstić information content (AvgIpc) is 2.78. The van der Waals surface area contributed by atoms with Gasteiger partial charge >= 0.3 is 0 Å². The summed E-state index contributed by atoms with van der Waals surface area (Å²) in [6.45, 7) is 6.39. The monoisotopic (exact) mass is 426 g/mol. The van der Waals surface area contributed by atoms with Gasteiger partial charge < -0.3 is 0 Å². The largest absolute Gasteiger partial charge is 0.203 e. The SMILES string of the molecule is CCCCCc1ccc(CCc2c(C)cc(C3CCC(CCC)CC3)c(F)c2F)cc1. The molecule has 2 heteroatoms. The van der Waals surface area contributed by atoms with Gasteiger partial charge in [-0.3, -0.25) is 0 Å². The van der Waals surface area contributed by atoms with Crippen molar-refractivity contribution in [1.29, 1.82) is 0 Å². The summed E-state index contributed by atoms with van der Waals surface area (Å²) in [4.78, 5) is 0. The molecule has 1 fully saturated rings. The topological polar surface area (TPSA) is 0 Å². The van der Waals surface area contributed by atoms with Crippen molar-refractivity contribution in [2.45, 2.75) is 104 Å². The molecule has 0 saturated heterocycles. The minimum absolute atomic E-state index is 0.176. The molecule has 1 aliphatic rings. The van der Waals surface area contributed by atoms with E-state index < -0.39 is 11.6 Å². The quantitative estimate of drug-likeness (QED) is 0.333. The Morgan fingerprint density at radius 3 is 2.03 bits per heavy atom. The summed E-state index contributed by atoms with van der Waals surface area (Å²) in [6.07, 6.45) is 12.9. The van der Waals surface area contributed by atoms with Crippen LogP contribution in [0.25, 0.3) is 0 Å². The highest BCUT2D eigenvalue weighted by atomic mass is 19.2. The Kier molecular flexibility index (Phi) is 9.11. The molecule has 2 aromatic carbocycles. The molecule has 0 heterocycles. The van der Waals surface area contributed by atoms with E-state index in [1.807, 2.05) is 13.0 Å². The number of hydrogen-bond donors (Lipinski definition) is 0. The van der Waals surface area contributed by atoms with Gasteiger partial charge in [0.2, 0.25) is 0 Å². The summed E-state index contributed by atoms with van der Waals surface area (Å²) < 4.78 is 30.1. The van der Waals surface area contributed by atoms with Crippen LogP contribution in [0.3, 0.4) is 0 Å². The highest BCUT2D eigenvalue weighted by molar-refractivity contribution is 5.37. The lowest BCUT2D eigenvalue weighted by Gasteiger charge is -2.29. The standard InChI is InChI=1S/C29H40F2/c1-4-6-7-9-23-10-12-24(13-11-23)16-19-26-21(3)20-27(29(31)28(26)30)25-17-14-22(8-5-2)15-18-25/h10-13,20,22,25H,4-9,14-19H2,1-3H3. The lowest BCUT2D eigenvalue weighted by atomic mass is 9.76. The van der Waals surface area contributed by atoms with E-state index in [2.05, 4.69) is 38.1 Å². The van der Waals surface area contributed by atoms with Gasteiger partial charge in [0.05, 0.1) is 0 Å². The molecule has 2 aromatic rings. The Morgan fingerprint density at radius 1 is 0.774 bits per heavy atom. The Balaban J connectivity index is 1.63. The third kappa shape index (κ3) is 6.40. The maximum Gasteiger partial charge on any atom is 0.162 e. The molecule has 3 rings (SSSR count). The number of rotatable bonds is 10. The van der Waals surface area contributed by atoms with Crippen LogP contribution in [-0.4, -0.2) is 0 Å². The van der Waals surface area contributed by atoms with Crippen LogP contribution >= 0.6 is 0 Å². The molecule has 170 valence electrons. The zero-order valence-electron chi connectivity index (χ0n) is 19.8. The summed E-state index contributed by atoms with van der Waals surface area (Å²) in [5, 5.41) is 0. The van der Waals surface area contributed by atoms with E-state index in [4.69, 9.17) is 0 Å². The van der Waals surface area contributed by atoms with E-state index in [1.165, 1.54) is 43.2 Å². The molecule has 0 atom stereocenters. The zero-order chi connectivity index (χ0) is 22.2. The molecule has 0 aliphatic heterocycles. The molecule has 31 heavy (non-hydrogen) atoms. The first-order valence-electron chi connectivity index (χ1n) is 12.6. The maximum atomic E-state index is 15.0. The Bertz CT molecular complexity index is 814. The fraction of sp³-hybridized carbons (Fsp3) is 0.586. The van der Waals surface area contributed by atoms with Gasteiger partial charge in [0.25, 0.3) is 0 Å². The number of aryl methyl sites for hydroxylation is 3. The van der Waals surface area contributed by atoms with E-state index in [-0.39, 0.29) is 5.92 Å². The molecule has 0 amide bonds. The first kappa shape index (κ1) is 24.0. The van der Waals surface area contributed by atoms with E-state index in [9.17, 15) is 0 Å². The summed E-state index contributed by atoms with van der Waals surface area (Å²) in [5.74, 6) is -0.254. The van der Waals surface area contributed by atoms with Crippen molar-refractivity contribution in [3.63, 3.8) is 0 Å². The van der Waals surface area contributed by atoms with Crippen LogP contribution in [0.2, 0.25) is 0 Å². The van der Waals surface area contributed by atoms with E-state index in [0.29, 0.717) is 17.5 Å². The molecule has 0 aromatic heterocycles. The van der Waals surface area contributed by atoms with Crippen molar-refractivity contribution in [2.75, 3.05) is 0 Å². The van der Waals surface area contributed by atoms with Crippen LogP contribution in [0.4, 0.5) is 8.78 Å². The highest BCUT2D eigenvalue weighted by Gasteiger charge is 2.26. The van der Waals surface area contributed by atoms with Crippen LogP contribution in [0.5, 0.6) is 0 Å². The van der Waals surface area contributed by atoms with Crippen LogP contribution in [0, 0.1) is 24.5 Å². The third-order valence-electron chi connectivity index (χ3n) is 7.30. The lowest BCUT2D eigenvalue weighted by Crippen LogP contribution is -2.16. The molecule has 0 unspecified atom stereocenters. The predicted molar refractivity (Wildman–Crippen MR) is 128 cm³/mol. The summed E-state index contributed by atoms with van der Waals surface area (Å²) >= 11 is 0. The molecule has 0 radical (unpaired) electrons. The average molecular weight is 427 g/mol. The number of hydrogen-bond acceptors (Lipinski definition) is 0. The molecule has 0 bridgehead atoms. The van der Waals surface area contributed by atoms with Crippen LogP contribution in [-0.2, 0) is 19.3 Å². The first-order chi connectivity index (χ1) is 15.0. The van der Waals surface area contributed by atoms with E-state index in [1.54, 1.807) is 0 Å². The van der Waals surface area contributed by atoms with Gasteiger partial charge in [-0.1, -0.05) is 69.9 Å². The van der Waals surface area contributed by atoms with Gasteiger partial charge in [-0.05, 0) is 97.9 Å². The maximum absolute atomic E-state index is 15.0. The second-order valence-electron chi connectivity index (χ2n) is 9.67. The van der Waals surface area contributed by atoms with Crippen molar-refractivity contribution in [3.8, 4) is 0 Å². The summed E-state index contributed by atoms with van der Waals surface area (Å²) in [7, 11) is 0. The van der Waals surface area contributed by atoms with Crippen molar-refractivity contribution < 1.29 is 8.78 Å². The van der Waals surface area contributed by atoms with Gasteiger partial charge in [-0.2, -0.15) is 0 Å². The van der Waals surface area contributed by atoms with Crippen molar-refractivity contribution >= 4 is 0 Å². The minimum Gasteiger partial charge on any atom is -0.203 e. The number of benzene rings is 2. The predicted octanol–water partition coefficient (Wildman–Crippen LogP) is 8.87. The van der Waals surface area contributed by atoms with Gasteiger partial charge in [0.15, 0.2) is 11.6 Å². The van der Waals surface area contributed by atoms with Gasteiger partial charge in [-0.15, -0.1) is 0 Å². The summed E-state index contributed by atoms with van der Waals surface area (Å²) in [5.41, 5.74) is 4.62. The molecule has 1 aliphatic carbocycles. The second kappa shape index (κ2) is 11.8. The molecular formula is C29H40F2. The summed E-state index contributed by atoms with van der Waals surface area (Å²) in [6, 6.07) is 10.6. The van der Waals surface area contributed by atoms with Crippen molar-refractivity contribution in [2.24, 2.45) is 5.92 Å². The Morgan fingerprint density at radius 2 is 1.42 bits per heavy atom. The zero-order valence-corrected chi connectivity index (χ0v) is 19.8. The first-order valence-corrected chi connectivity index (χ1v) is 12.6. The van der Waals surface area contributed by atoms with E-state index >= 15 is 8.78 Å². The van der Waals surface area contributed by atoms with Crippen LogP contribution < -0.4 is 0 Å². The normalized spacial score (nSPS) is 19.0. The molecule has 0 nitrogen and oxygen atoms in total. The van der Waals surface area contributed by atoms with Crippen LogP contribution in [0.1, 0.15) is 105 Å². The van der Waals surface area contributed by atoms with Gasteiger partial charge in [-0.25, -0.2) is 8.78 Å². The van der Waals surface area contributed by atoms with Crippen molar-refractivity contribution in [3.05, 3.63) is 69.8 Å². The van der Waals surface area contributed by atoms with Gasteiger partial charge in [0.1, 0.15) is 0 Å². The lowest BCUT2D eigenvalue weighted by molar-refractivity contribution is 0.302. The number of halogens is 2. The van der Waals surface area contributed by atoms with Crippen LogP contribution in [0.15, 0.2) is 30.3 Å². The second-order valence-corrected chi connectivity index (χ2v) is 9.67. The Hall–Kier alpha value is -1.70. The highest BCUT2D eigenvalue weighted by Crippen LogP contribution is 2.39. The fourth-order valence-corrected chi connectivity index (χ4v) is 5.31. The molecule has 0 spiro atoms. The van der Waals surface area contributed by atoms with Gasteiger partial charge in [0, 0.05) is 0 Å². The molecular weight excluding hydrogens is 386 g/mol. The molecule has 1 saturated carbocycles. The number of unbranched alkanes of at least 4 members (excludes halogenated alkanes) is 2.